The second kappa shape index (κ2) is 10.4. The van der Waals surface area contributed by atoms with Gasteiger partial charge in [0.1, 0.15) is 5.82 Å². The average molecular weight is 479 g/mol. The quantitative estimate of drug-likeness (QED) is 0.369. The summed E-state index contributed by atoms with van der Waals surface area (Å²) < 4.78 is 1.73. The topological polar surface area (TPSA) is 102 Å². The van der Waals surface area contributed by atoms with Crippen LogP contribution in [0.4, 0.5) is 10.8 Å². The van der Waals surface area contributed by atoms with E-state index in [2.05, 4.69) is 25.8 Å². The molecule has 4 rings (SSSR count). The summed E-state index contributed by atoms with van der Waals surface area (Å²) in [5, 5.41) is 15.0. The maximum atomic E-state index is 12.5. The molecule has 0 aliphatic heterocycles. The van der Waals surface area contributed by atoms with Crippen LogP contribution in [-0.2, 0) is 23.1 Å². The van der Waals surface area contributed by atoms with Crippen molar-refractivity contribution in [1.29, 1.82) is 0 Å². The Morgan fingerprint density at radius 3 is 2.39 bits per heavy atom. The molecule has 10 heteroatoms. The summed E-state index contributed by atoms with van der Waals surface area (Å²) in [5.74, 6) is 0.315. The van der Waals surface area contributed by atoms with E-state index in [4.69, 9.17) is 0 Å². The van der Waals surface area contributed by atoms with Gasteiger partial charge in [-0.1, -0.05) is 60.3 Å². The Kier molecular flexibility index (Phi) is 7.16. The van der Waals surface area contributed by atoms with E-state index in [0.29, 0.717) is 16.1 Å². The molecule has 0 fully saturated rings. The van der Waals surface area contributed by atoms with E-state index in [1.807, 2.05) is 67.6 Å². The Balaban J connectivity index is 1.31. The van der Waals surface area contributed by atoms with Crippen molar-refractivity contribution in [2.45, 2.75) is 18.5 Å². The molecular weight excluding hydrogens is 456 g/mol. The summed E-state index contributed by atoms with van der Waals surface area (Å²) in [5.41, 5.74) is 2.61. The van der Waals surface area contributed by atoms with Gasteiger partial charge < -0.3 is 15.2 Å². The van der Waals surface area contributed by atoms with Gasteiger partial charge in [0.05, 0.1) is 17.9 Å². The molecule has 2 amide bonds. The van der Waals surface area contributed by atoms with Crippen molar-refractivity contribution in [3.05, 3.63) is 71.4 Å². The van der Waals surface area contributed by atoms with E-state index < -0.39 is 0 Å². The summed E-state index contributed by atoms with van der Waals surface area (Å²) in [7, 11) is 1.78. The predicted molar refractivity (Wildman–Crippen MR) is 131 cm³/mol. The lowest BCUT2D eigenvalue weighted by atomic mass is 10.1. The normalized spacial score (nSPS) is 10.7. The number of amides is 2. The third-order valence-corrected chi connectivity index (χ3v) is 6.63. The van der Waals surface area contributed by atoms with Crippen LogP contribution in [-0.4, -0.2) is 37.3 Å². The molecule has 0 aliphatic carbocycles. The lowest BCUT2D eigenvalue weighted by molar-refractivity contribution is -0.116. The Bertz CT molecular complexity index is 1250. The summed E-state index contributed by atoms with van der Waals surface area (Å²) in [6.45, 7) is 1.99. The van der Waals surface area contributed by atoms with Crippen LogP contribution in [0.15, 0.2) is 65.8 Å². The first-order chi connectivity index (χ1) is 16.0. The maximum Gasteiger partial charge on any atom is 0.236 e. The number of hydrogen-bond donors (Lipinski definition) is 2. The number of carbonyl (C=O) groups excluding carboxylic acids is 2. The molecular formula is C23H22N6O2S2. The third kappa shape index (κ3) is 5.85. The van der Waals surface area contributed by atoms with Crippen molar-refractivity contribution in [1.82, 2.24) is 19.7 Å². The van der Waals surface area contributed by atoms with E-state index in [9.17, 15) is 9.59 Å². The predicted octanol–water partition coefficient (Wildman–Crippen LogP) is 4.16. The molecule has 4 aromatic rings. The van der Waals surface area contributed by atoms with Gasteiger partial charge in [-0.3, -0.25) is 9.59 Å². The van der Waals surface area contributed by atoms with E-state index in [0.717, 1.165) is 21.8 Å². The molecule has 8 nitrogen and oxygen atoms in total. The van der Waals surface area contributed by atoms with Gasteiger partial charge >= 0.3 is 0 Å². The van der Waals surface area contributed by atoms with Gasteiger partial charge in [-0.25, -0.2) is 4.98 Å². The highest BCUT2D eigenvalue weighted by molar-refractivity contribution is 7.99. The third-order valence-electron chi connectivity index (χ3n) is 4.72. The van der Waals surface area contributed by atoms with Crippen LogP contribution in [0.1, 0.15) is 10.7 Å². The zero-order valence-electron chi connectivity index (χ0n) is 18.1. The number of carbonyl (C=O) groups is 2. The average Bonchev–Trinajstić information content (AvgIpc) is 3.35. The summed E-state index contributed by atoms with van der Waals surface area (Å²) in [6, 6.07) is 19.1. The van der Waals surface area contributed by atoms with E-state index >= 15 is 0 Å². The fourth-order valence-corrected chi connectivity index (χ4v) is 4.68. The minimum atomic E-state index is -0.181. The molecule has 33 heavy (non-hydrogen) atoms. The Morgan fingerprint density at radius 2 is 1.67 bits per heavy atom. The number of anilines is 2. The highest BCUT2D eigenvalue weighted by Crippen LogP contribution is 2.30. The van der Waals surface area contributed by atoms with Crippen LogP contribution in [0, 0.1) is 6.92 Å². The second-order valence-corrected chi connectivity index (χ2v) is 9.32. The standard InChI is InChI=1S/C23H22N6O2S2/c1-15-21(16-9-5-3-6-10-16)26-22(33-15)25-20(31)14-32-23-28-27-18(29(23)2)13-19(30)24-17-11-7-4-8-12-17/h3-12H,13-14H2,1-2H3,(H,24,30)(H,25,26,31). The zero-order chi connectivity index (χ0) is 23.2. The van der Waals surface area contributed by atoms with Crippen LogP contribution < -0.4 is 10.6 Å². The summed E-state index contributed by atoms with van der Waals surface area (Å²) in [4.78, 5) is 30.3. The number of aryl methyl sites for hydroxylation is 1. The first-order valence-electron chi connectivity index (χ1n) is 10.2. The van der Waals surface area contributed by atoms with Gasteiger partial charge in [-0.15, -0.1) is 21.5 Å². The Morgan fingerprint density at radius 1 is 0.970 bits per heavy atom. The molecule has 2 N–H and O–H groups in total. The number of thiazole rings is 1. The minimum Gasteiger partial charge on any atom is -0.326 e. The van der Waals surface area contributed by atoms with Gasteiger partial charge in [0.2, 0.25) is 11.8 Å². The van der Waals surface area contributed by atoms with E-state index in [1.54, 1.807) is 11.6 Å². The van der Waals surface area contributed by atoms with Gasteiger partial charge in [-0.2, -0.15) is 0 Å². The van der Waals surface area contributed by atoms with Crippen LogP contribution in [0.5, 0.6) is 0 Å². The number of nitrogens with zero attached hydrogens (tertiary/aromatic N) is 4. The number of benzene rings is 2. The van der Waals surface area contributed by atoms with Gasteiger partial charge in [0, 0.05) is 23.2 Å². The number of nitrogens with one attached hydrogen (secondary N) is 2. The van der Waals surface area contributed by atoms with Crippen LogP contribution >= 0.6 is 23.1 Å². The lowest BCUT2D eigenvalue weighted by Gasteiger charge is -2.06. The number of thioether (sulfide) groups is 1. The Labute approximate surface area is 199 Å². The molecule has 2 heterocycles. The van der Waals surface area contributed by atoms with Crippen molar-refractivity contribution >= 4 is 45.7 Å². The van der Waals surface area contributed by atoms with Crippen molar-refractivity contribution in [3.8, 4) is 11.3 Å². The van der Waals surface area contributed by atoms with Crippen molar-refractivity contribution in [2.75, 3.05) is 16.4 Å². The minimum absolute atomic E-state index is 0.0891. The molecule has 0 unspecified atom stereocenters. The SMILES string of the molecule is Cc1sc(NC(=O)CSc2nnc(CC(=O)Nc3ccccc3)n2C)nc1-c1ccccc1. The molecule has 0 saturated carbocycles. The van der Waals surface area contributed by atoms with Crippen LogP contribution in [0.3, 0.4) is 0 Å². The highest BCUT2D eigenvalue weighted by Gasteiger charge is 2.16. The van der Waals surface area contributed by atoms with Crippen molar-refractivity contribution in [3.63, 3.8) is 0 Å². The maximum absolute atomic E-state index is 12.5. The molecule has 0 aliphatic rings. The molecule has 0 radical (unpaired) electrons. The lowest BCUT2D eigenvalue weighted by Crippen LogP contribution is -2.17. The number of aromatic nitrogens is 4. The summed E-state index contributed by atoms with van der Waals surface area (Å²) in [6.07, 6.45) is 0.0891. The largest absolute Gasteiger partial charge is 0.326 e. The van der Waals surface area contributed by atoms with Crippen molar-refractivity contribution in [2.24, 2.45) is 7.05 Å². The smallest absolute Gasteiger partial charge is 0.236 e. The number of para-hydroxylation sites is 1. The Hall–Kier alpha value is -3.50. The van der Waals surface area contributed by atoms with Gasteiger partial charge in [-0.05, 0) is 19.1 Å². The van der Waals surface area contributed by atoms with Gasteiger partial charge in [0.25, 0.3) is 0 Å². The van der Waals surface area contributed by atoms with E-state index in [-0.39, 0.29) is 24.0 Å². The number of rotatable bonds is 8. The molecule has 168 valence electrons. The second-order valence-electron chi connectivity index (χ2n) is 7.18. The van der Waals surface area contributed by atoms with Crippen LogP contribution in [0.2, 0.25) is 0 Å². The molecule has 0 atom stereocenters. The van der Waals surface area contributed by atoms with Gasteiger partial charge in [0.15, 0.2) is 10.3 Å². The first-order valence-corrected chi connectivity index (χ1v) is 12.0. The monoisotopic (exact) mass is 478 g/mol. The fourth-order valence-electron chi connectivity index (χ4n) is 3.09. The molecule has 0 bridgehead atoms. The summed E-state index contributed by atoms with van der Waals surface area (Å²) >= 11 is 2.70. The fraction of sp³-hybridized carbons (Fsp3) is 0.174. The first kappa shape index (κ1) is 22.7. The molecule has 2 aromatic carbocycles. The number of hydrogen-bond acceptors (Lipinski definition) is 7. The highest BCUT2D eigenvalue weighted by atomic mass is 32.2. The van der Waals surface area contributed by atoms with Crippen LogP contribution in [0.25, 0.3) is 11.3 Å². The zero-order valence-corrected chi connectivity index (χ0v) is 19.7. The van der Waals surface area contributed by atoms with E-state index in [1.165, 1.54) is 23.1 Å². The molecule has 2 aromatic heterocycles. The molecule has 0 spiro atoms. The molecule has 0 saturated heterocycles. The van der Waals surface area contributed by atoms with Crippen molar-refractivity contribution < 1.29 is 9.59 Å².